The lowest BCUT2D eigenvalue weighted by Gasteiger charge is -2.27. The molecule has 0 saturated carbocycles. The Morgan fingerprint density at radius 3 is 1.39 bits per heavy atom. The first-order chi connectivity index (χ1) is 8.20. The normalized spacial score (nSPS) is 37.7. The molecule has 2 rings (SSSR count). The quantitative estimate of drug-likeness (QED) is 0.746. The van der Waals surface area contributed by atoms with E-state index in [9.17, 15) is 10.2 Å². The lowest BCUT2D eigenvalue weighted by atomic mass is 10.0. The molecule has 106 valence electrons. The molecule has 0 radical (unpaired) electrons. The molecule has 2 aliphatic heterocycles. The van der Waals surface area contributed by atoms with Gasteiger partial charge >= 0.3 is 0 Å². The zero-order chi connectivity index (χ0) is 13.6. The van der Waals surface area contributed by atoms with Crippen molar-refractivity contribution >= 4 is 0 Å². The Morgan fingerprint density at radius 2 is 1.17 bits per heavy atom. The van der Waals surface area contributed by atoms with E-state index in [0.717, 1.165) is 0 Å². The highest BCUT2D eigenvalue weighted by Gasteiger charge is 2.45. The van der Waals surface area contributed by atoms with Gasteiger partial charge in [-0.15, -0.1) is 0 Å². The number of rotatable bonds is 3. The zero-order valence-corrected chi connectivity index (χ0v) is 11.3. The highest BCUT2D eigenvalue weighted by Crippen LogP contribution is 2.29. The van der Waals surface area contributed by atoms with Gasteiger partial charge in [-0.3, -0.25) is 0 Å². The average molecular weight is 262 g/mol. The van der Waals surface area contributed by atoms with Gasteiger partial charge in [0.1, 0.15) is 24.4 Å². The van der Waals surface area contributed by atoms with E-state index in [1.165, 1.54) is 0 Å². The molecule has 0 aromatic carbocycles. The summed E-state index contributed by atoms with van der Waals surface area (Å²) >= 11 is 0. The second-order valence-electron chi connectivity index (χ2n) is 5.72. The largest absolute Gasteiger partial charge is 0.387 e. The summed E-state index contributed by atoms with van der Waals surface area (Å²) in [6.07, 6.45) is -3.23. The van der Waals surface area contributed by atoms with Crippen LogP contribution in [0.25, 0.3) is 0 Å². The molecular formula is C12H22O6. The Balaban J connectivity index is 1.92. The van der Waals surface area contributed by atoms with Gasteiger partial charge in [-0.1, -0.05) is 0 Å². The minimum absolute atomic E-state index is 0.252. The summed E-state index contributed by atoms with van der Waals surface area (Å²) in [5.74, 6) is -1.45. The van der Waals surface area contributed by atoms with E-state index in [0.29, 0.717) is 0 Å². The maximum absolute atomic E-state index is 10.1. The summed E-state index contributed by atoms with van der Waals surface area (Å²) in [5, 5.41) is 20.2. The van der Waals surface area contributed by atoms with Crippen molar-refractivity contribution in [2.45, 2.75) is 63.7 Å². The second-order valence-corrected chi connectivity index (χ2v) is 5.72. The molecule has 2 N–H and O–H groups in total. The smallest absolute Gasteiger partial charge is 0.163 e. The van der Waals surface area contributed by atoms with Crippen molar-refractivity contribution in [2.24, 2.45) is 0 Å². The van der Waals surface area contributed by atoms with Crippen LogP contribution in [-0.2, 0) is 18.9 Å². The molecule has 18 heavy (non-hydrogen) atoms. The Labute approximate surface area is 107 Å². The van der Waals surface area contributed by atoms with Gasteiger partial charge in [0.2, 0.25) is 0 Å². The van der Waals surface area contributed by atoms with Crippen molar-refractivity contribution in [3.8, 4) is 0 Å². The maximum Gasteiger partial charge on any atom is 0.163 e. The number of ether oxygens (including phenoxy) is 4. The minimum Gasteiger partial charge on any atom is -0.387 e. The fraction of sp³-hybridized carbons (Fsp3) is 1.00. The van der Waals surface area contributed by atoms with Gasteiger partial charge in [-0.2, -0.15) is 0 Å². The Morgan fingerprint density at radius 1 is 0.833 bits per heavy atom. The highest BCUT2D eigenvalue weighted by atomic mass is 16.8. The summed E-state index contributed by atoms with van der Waals surface area (Å²) in [7, 11) is 0. The fourth-order valence-corrected chi connectivity index (χ4v) is 2.21. The van der Waals surface area contributed by atoms with Crippen LogP contribution in [0.1, 0.15) is 27.7 Å². The first-order valence-corrected chi connectivity index (χ1v) is 6.20. The van der Waals surface area contributed by atoms with Gasteiger partial charge in [-0.25, -0.2) is 0 Å². The van der Waals surface area contributed by atoms with E-state index in [2.05, 4.69) is 0 Å². The van der Waals surface area contributed by atoms with Gasteiger partial charge in [-0.05, 0) is 27.7 Å². The van der Waals surface area contributed by atoms with E-state index >= 15 is 0 Å². The van der Waals surface area contributed by atoms with Crippen LogP contribution in [0, 0.1) is 0 Å². The third kappa shape index (κ3) is 3.01. The van der Waals surface area contributed by atoms with Crippen molar-refractivity contribution in [2.75, 3.05) is 13.2 Å². The lowest BCUT2D eigenvalue weighted by Crippen LogP contribution is -2.47. The van der Waals surface area contributed by atoms with E-state index in [1.807, 2.05) is 0 Å². The Hall–Kier alpha value is -0.240. The van der Waals surface area contributed by atoms with Crippen LogP contribution in [0.5, 0.6) is 0 Å². The molecule has 2 heterocycles. The Kier molecular flexibility index (Phi) is 3.70. The summed E-state index contributed by atoms with van der Waals surface area (Å²) in [6.45, 7) is 7.58. The van der Waals surface area contributed by atoms with Crippen LogP contribution >= 0.6 is 0 Å². The third-order valence-electron chi connectivity index (χ3n) is 3.17. The van der Waals surface area contributed by atoms with Crippen LogP contribution < -0.4 is 0 Å². The minimum atomic E-state index is -1.06. The van der Waals surface area contributed by atoms with Crippen molar-refractivity contribution in [3.63, 3.8) is 0 Å². The topological polar surface area (TPSA) is 77.4 Å². The van der Waals surface area contributed by atoms with Crippen molar-refractivity contribution in [3.05, 3.63) is 0 Å². The molecule has 4 atom stereocenters. The molecule has 0 aromatic rings. The van der Waals surface area contributed by atoms with Crippen LogP contribution in [0.4, 0.5) is 0 Å². The predicted molar refractivity (Wildman–Crippen MR) is 61.8 cm³/mol. The van der Waals surface area contributed by atoms with Crippen molar-refractivity contribution in [1.29, 1.82) is 0 Å². The fourth-order valence-electron chi connectivity index (χ4n) is 2.21. The summed E-state index contributed by atoms with van der Waals surface area (Å²) < 4.78 is 21.8. The van der Waals surface area contributed by atoms with E-state index in [4.69, 9.17) is 18.9 Å². The lowest BCUT2D eigenvalue weighted by molar-refractivity contribution is -0.183. The molecule has 6 nitrogen and oxygen atoms in total. The standard InChI is InChI=1S/C12H22O6/c1-11(2)15-5-7(17-11)9(13)10(14)8-6-16-12(3,4)18-8/h7-10,13-14H,5-6H2,1-4H3/t7-,8?,9?,10+/m0/s1. The monoisotopic (exact) mass is 262 g/mol. The number of aliphatic hydroxyl groups excluding tert-OH is 2. The van der Waals surface area contributed by atoms with Gasteiger partial charge in [0.15, 0.2) is 11.6 Å². The van der Waals surface area contributed by atoms with E-state index in [-0.39, 0.29) is 13.2 Å². The molecule has 0 aromatic heterocycles. The summed E-state index contributed by atoms with van der Waals surface area (Å²) in [6, 6.07) is 0. The first kappa shape index (κ1) is 14.2. The number of hydrogen-bond donors (Lipinski definition) is 2. The molecular weight excluding hydrogens is 240 g/mol. The number of aliphatic hydroxyl groups is 2. The zero-order valence-electron chi connectivity index (χ0n) is 11.3. The van der Waals surface area contributed by atoms with Gasteiger partial charge in [0, 0.05) is 0 Å². The second kappa shape index (κ2) is 4.70. The van der Waals surface area contributed by atoms with E-state index < -0.39 is 36.0 Å². The van der Waals surface area contributed by atoms with Gasteiger partial charge < -0.3 is 29.2 Å². The van der Waals surface area contributed by atoms with Crippen molar-refractivity contribution < 1.29 is 29.2 Å². The van der Waals surface area contributed by atoms with Crippen LogP contribution in [0.3, 0.4) is 0 Å². The van der Waals surface area contributed by atoms with Crippen LogP contribution in [-0.4, -0.2) is 59.4 Å². The average Bonchev–Trinajstić information content (AvgIpc) is 2.79. The first-order valence-electron chi connectivity index (χ1n) is 6.20. The molecule has 0 aliphatic carbocycles. The molecule has 2 saturated heterocycles. The molecule has 2 aliphatic rings. The molecule has 0 spiro atoms. The van der Waals surface area contributed by atoms with Crippen LogP contribution in [0.2, 0.25) is 0 Å². The Bertz CT molecular complexity index is 273. The molecule has 0 bridgehead atoms. The SMILES string of the molecule is CC1(C)OCC([C@@H](O)C(O)[C@@H]2COC(C)(C)O2)O1. The summed E-state index contributed by atoms with van der Waals surface area (Å²) in [4.78, 5) is 0. The predicted octanol–water partition coefficient (Wildman–Crippen LogP) is 0.0112. The molecule has 2 unspecified atom stereocenters. The molecule has 2 fully saturated rings. The van der Waals surface area contributed by atoms with Crippen LogP contribution in [0.15, 0.2) is 0 Å². The van der Waals surface area contributed by atoms with Gasteiger partial charge in [0.05, 0.1) is 13.2 Å². The maximum atomic E-state index is 10.1. The van der Waals surface area contributed by atoms with Gasteiger partial charge in [0.25, 0.3) is 0 Å². The number of hydrogen-bond acceptors (Lipinski definition) is 6. The third-order valence-corrected chi connectivity index (χ3v) is 3.17. The highest BCUT2D eigenvalue weighted by molar-refractivity contribution is 4.88. The molecule has 6 heteroatoms. The molecule has 0 amide bonds. The van der Waals surface area contributed by atoms with Crippen molar-refractivity contribution in [1.82, 2.24) is 0 Å². The summed E-state index contributed by atoms with van der Waals surface area (Å²) in [5.41, 5.74) is 0. The van der Waals surface area contributed by atoms with E-state index in [1.54, 1.807) is 27.7 Å².